The molecule has 1 saturated heterocycles. The number of carbonyl (C=O) groups excluding carboxylic acids is 2. The van der Waals surface area contributed by atoms with Crippen LogP contribution in [0.5, 0.6) is 0 Å². The van der Waals surface area contributed by atoms with Crippen LogP contribution in [-0.2, 0) is 14.8 Å². The van der Waals surface area contributed by atoms with Crippen LogP contribution in [0.2, 0.25) is 0 Å². The van der Waals surface area contributed by atoms with Crippen LogP contribution in [-0.4, -0.2) is 55.1 Å². The average molecular weight is 444 g/mol. The van der Waals surface area contributed by atoms with Gasteiger partial charge in [0.2, 0.25) is 15.9 Å². The van der Waals surface area contributed by atoms with Crippen molar-refractivity contribution in [3.63, 3.8) is 0 Å². The Balaban J connectivity index is 1.72. The van der Waals surface area contributed by atoms with Crippen molar-refractivity contribution in [2.45, 2.75) is 44.6 Å². The first kappa shape index (κ1) is 23.0. The third-order valence-corrected chi connectivity index (χ3v) is 7.51. The van der Waals surface area contributed by atoms with Gasteiger partial charge in [0.25, 0.3) is 5.91 Å². The molecule has 1 heterocycles. The van der Waals surface area contributed by atoms with Gasteiger partial charge in [0.15, 0.2) is 0 Å². The molecule has 166 valence electrons. The number of anilines is 1. The summed E-state index contributed by atoms with van der Waals surface area (Å²) >= 11 is 0. The van der Waals surface area contributed by atoms with Gasteiger partial charge in [-0.1, -0.05) is 17.7 Å². The molecule has 2 aromatic rings. The standard InChI is InChI=1S/C23H29N3O4S/c1-4-25(5-2)23(28)18-10-12-19(13-11-18)24-22(27)21-7-6-16-26(21)31(29,30)20-14-8-17(3)9-15-20/h8-15,21H,4-7,16H2,1-3H3,(H,24,27)/t21-/m0/s1. The molecule has 0 spiro atoms. The minimum absolute atomic E-state index is 0.0611. The van der Waals surface area contributed by atoms with E-state index in [1.807, 2.05) is 20.8 Å². The van der Waals surface area contributed by atoms with E-state index < -0.39 is 16.1 Å². The highest BCUT2D eigenvalue weighted by molar-refractivity contribution is 7.89. The molecule has 7 nitrogen and oxygen atoms in total. The monoisotopic (exact) mass is 443 g/mol. The van der Waals surface area contributed by atoms with E-state index >= 15 is 0 Å². The molecule has 1 atom stereocenters. The zero-order valence-corrected chi connectivity index (χ0v) is 19.0. The largest absolute Gasteiger partial charge is 0.339 e. The van der Waals surface area contributed by atoms with E-state index in [4.69, 9.17) is 0 Å². The third kappa shape index (κ3) is 4.97. The molecule has 8 heteroatoms. The predicted octanol–water partition coefficient (Wildman–Crippen LogP) is 3.27. The molecule has 1 aliphatic heterocycles. The fourth-order valence-corrected chi connectivity index (χ4v) is 5.41. The number of aryl methyl sites for hydroxylation is 1. The quantitative estimate of drug-likeness (QED) is 0.712. The van der Waals surface area contributed by atoms with Crippen molar-refractivity contribution < 1.29 is 18.0 Å². The zero-order chi connectivity index (χ0) is 22.6. The van der Waals surface area contributed by atoms with Gasteiger partial charge in [0, 0.05) is 30.9 Å². The number of benzene rings is 2. The molecule has 1 fully saturated rings. The Labute approximate surface area is 184 Å². The van der Waals surface area contributed by atoms with Gasteiger partial charge in [-0.25, -0.2) is 8.42 Å². The van der Waals surface area contributed by atoms with Crippen molar-refractivity contribution in [3.8, 4) is 0 Å². The molecule has 1 aliphatic rings. The first-order valence-corrected chi connectivity index (χ1v) is 12.0. The summed E-state index contributed by atoms with van der Waals surface area (Å²) in [7, 11) is -3.75. The van der Waals surface area contributed by atoms with Gasteiger partial charge in [-0.2, -0.15) is 4.31 Å². The van der Waals surface area contributed by atoms with Gasteiger partial charge in [-0.15, -0.1) is 0 Å². The Morgan fingerprint density at radius 3 is 2.23 bits per heavy atom. The number of sulfonamides is 1. The molecule has 2 amide bonds. The van der Waals surface area contributed by atoms with Gasteiger partial charge in [-0.3, -0.25) is 9.59 Å². The van der Waals surface area contributed by atoms with Crippen LogP contribution in [0.15, 0.2) is 53.4 Å². The van der Waals surface area contributed by atoms with E-state index in [0.717, 1.165) is 5.56 Å². The Hall–Kier alpha value is -2.71. The lowest BCUT2D eigenvalue weighted by atomic mass is 10.1. The number of hydrogen-bond acceptors (Lipinski definition) is 4. The summed E-state index contributed by atoms with van der Waals surface area (Å²) in [5.41, 5.74) is 2.05. The Morgan fingerprint density at radius 1 is 1.03 bits per heavy atom. The fraction of sp³-hybridized carbons (Fsp3) is 0.391. The number of hydrogen-bond donors (Lipinski definition) is 1. The van der Waals surface area contributed by atoms with Gasteiger partial charge in [-0.05, 0) is 70.0 Å². The fourth-order valence-electron chi connectivity index (χ4n) is 3.75. The lowest BCUT2D eigenvalue weighted by Crippen LogP contribution is -2.43. The molecular formula is C23H29N3O4S. The van der Waals surface area contributed by atoms with E-state index in [-0.39, 0.29) is 16.7 Å². The van der Waals surface area contributed by atoms with Crippen LogP contribution in [0, 0.1) is 6.92 Å². The van der Waals surface area contributed by atoms with Gasteiger partial charge in [0.1, 0.15) is 6.04 Å². The summed E-state index contributed by atoms with van der Waals surface area (Å²) in [6.45, 7) is 7.30. The second kappa shape index (κ2) is 9.62. The number of rotatable bonds is 7. The summed E-state index contributed by atoms with van der Waals surface area (Å²) in [5.74, 6) is -0.426. The topological polar surface area (TPSA) is 86.8 Å². The summed E-state index contributed by atoms with van der Waals surface area (Å²) in [4.78, 5) is 27.2. The van der Waals surface area contributed by atoms with E-state index in [2.05, 4.69) is 5.32 Å². The Morgan fingerprint density at radius 2 is 1.65 bits per heavy atom. The molecule has 0 unspecified atom stereocenters. The highest BCUT2D eigenvalue weighted by atomic mass is 32.2. The molecule has 31 heavy (non-hydrogen) atoms. The highest BCUT2D eigenvalue weighted by Crippen LogP contribution is 2.27. The van der Waals surface area contributed by atoms with Gasteiger partial charge in [0.05, 0.1) is 4.90 Å². The molecule has 1 N–H and O–H groups in total. The number of carbonyl (C=O) groups is 2. The van der Waals surface area contributed by atoms with Crippen molar-refractivity contribution >= 4 is 27.5 Å². The molecule has 0 bridgehead atoms. The second-order valence-corrected chi connectivity index (χ2v) is 9.52. The number of nitrogens with zero attached hydrogens (tertiary/aromatic N) is 2. The highest BCUT2D eigenvalue weighted by Gasteiger charge is 2.39. The van der Waals surface area contributed by atoms with Crippen molar-refractivity contribution in [1.29, 1.82) is 0 Å². The number of nitrogens with one attached hydrogen (secondary N) is 1. The van der Waals surface area contributed by atoms with Crippen LogP contribution >= 0.6 is 0 Å². The van der Waals surface area contributed by atoms with E-state index in [9.17, 15) is 18.0 Å². The lowest BCUT2D eigenvalue weighted by Gasteiger charge is -2.23. The van der Waals surface area contributed by atoms with Crippen molar-refractivity contribution in [3.05, 3.63) is 59.7 Å². The van der Waals surface area contributed by atoms with Crippen LogP contribution in [0.25, 0.3) is 0 Å². The summed E-state index contributed by atoms with van der Waals surface area (Å²) < 4.78 is 27.4. The van der Waals surface area contributed by atoms with Crippen LogP contribution in [0.4, 0.5) is 5.69 Å². The van der Waals surface area contributed by atoms with Crippen LogP contribution in [0.1, 0.15) is 42.6 Å². The van der Waals surface area contributed by atoms with E-state index in [1.165, 1.54) is 4.31 Å². The summed E-state index contributed by atoms with van der Waals surface area (Å²) in [5, 5.41) is 2.80. The Kier molecular flexibility index (Phi) is 7.12. The summed E-state index contributed by atoms with van der Waals surface area (Å²) in [6.07, 6.45) is 1.09. The number of amides is 2. The van der Waals surface area contributed by atoms with Crippen LogP contribution in [0.3, 0.4) is 0 Å². The van der Waals surface area contributed by atoms with Crippen molar-refractivity contribution in [2.24, 2.45) is 0 Å². The SMILES string of the molecule is CCN(CC)C(=O)c1ccc(NC(=O)[C@@H]2CCCN2S(=O)(=O)c2ccc(C)cc2)cc1. The van der Waals surface area contributed by atoms with Crippen molar-refractivity contribution in [1.82, 2.24) is 9.21 Å². The predicted molar refractivity (Wildman–Crippen MR) is 120 cm³/mol. The second-order valence-electron chi connectivity index (χ2n) is 7.63. The molecule has 2 aromatic carbocycles. The molecule has 0 saturated carbocycles. The normalized spacial score (nSPS) is 16.8. The lowest BCUT2D eigenvalue weighted by molar-refractivity contribution is -0.119. The van der Waals surface area contributed by atoms with Crippen molar-refractivity contribution in [2.75, 3.05) is 25.0 Å². The molecule has 0 aliphatic carbocycles. The molecular weight excluding hydrogens is 414 g/mol. The van der Waals surface area contributed by atoms with Gasteiger partial charge >= 0.3 is 0 Å². The van der Waals surface area contributed by atoms with Gasteiger partial charge < -0.3 is 10.2 Å². The smallest absolute Gasteiger partial charge is 0.253 e. The van der Waals surface area contributed by atoms with E-state index in [1.54, 1.807) is 53.4 Å². The third-order valence-electron chi connectivity index (χ3n) is 5.58. The average Bonchev–Trinajstić information content (AvgIpc) is 3.26. The first-order valence-electron chi connectivity index (χ1n) is 10.6. The first-order chi connectivity index (χ1) is 14.8. The maximum atomic E-state index is 13.1. The minimum atomic E-state index is -3.75. The molecule has 0 aromatic heterocycles. The Bertz CT molecular complexity index is 1030. The maximum absolute atomic E-state index is 13.1. The maximum Gasteiger partial charge on any atom is 0.253 e. The zero-order valence-electron chi connectivity index (χ0n) is 18.2. The summed E-state index contributed by atoms with van der Waals surface area (Å²) in [6, 6.07) is 12.6. The van der Waals surface area contributed by atoms with Crippen LogP contribution < -0.4 is 5.32 Å². The van der Waals surface area contributed by atoms with E-state index in [0.29, 0.717) is 43.7 Å². The molecule has 3 rings (SSSR count). The molecule has 0 radical (unpaired) electrons. The minimum Gasteiger partial charge on any atom is -0.339 e.